The van der Waals surface area contributed by atoms with Crippen LogP contribution in [-0.2, 0) is 4.79 Å². The number of anilines is 2. The smallest absolute Gasteiger partial charge is 0.341 e. The summed E-state index contributed by atoms with van der Waals surface area (Å²) in [6.45, 7) is -0.462. The minimum Gasteiger partial charge on any atom is -0.482 e. The van der Waals surface area contributed by atoms with E-state index in [0.717, 1.165) is 0 Å². The van der Waals surface area contributed by atoms with Crippen molar-refractivity contribution in [1.29, 1.82) is 0 Å². The summed E-state index contributed by atoms with van der Waals surface area (Å²) in [5.74, 6) is -1.29. The van der Waals surface area contributed by atoms with Crippen LogP contribution in [0.3, 0.4) is 0 Å². The monoisotopic (exact) mass is 396 g/mol. The van der Waals surface area contributed by atoms with Gasteiger partial charge in [0.05, 0.1) is 4.88 Å². The van der Waals surface area contributed by atoms with Gasteiger partial charge in [0, 0.05) is 23.0 Å². The molecule has 0 saturated carbocycles. The summed E-state index contributed by atoms with van der Waals surface area (Å²) < 4.78 is 5.09. The second-order valence-corrected chi connectivity index (χ2v) is 6.62. The van der Waals surface area contributed by atoms with E-state index < -0.39 is 12.6 Å². The van der Waals surface area contributed by atoms with Gasteiger partial charge in [0.2, 0.25) is 0 Å². The summed E-state index contributed by atoms with van der Waals surface area (Å²) in [6.07, 6.45) is 0. The highest BCUT2D eigenvalue weighted by molar-refractivity contribution is 7.12. The Morgan fingerprint density at radius 1 is 0.893 bits per heavy atom. The number of carbonyl (C=O) groups excluding carboxylic acids is 2. The van der Waals surface area contributed by atoms with Gasteiger partial charge in [0.15, 0.2) is 6.61 Å². The van der Waals surface area contributed by atoms with Crippen LogP contribution in [0.4, 0.5) is 11.4 Å². The number of amides is 2. The molecule has 3 rings (SSSR count). The molecule has 28 heavy (non-hydrogen) atoms. The number of rotatable bonds is 7. The molecule has 0 saturated heterocycles. The molecule has 0 spiro atoms. The lowest BCUT2D eigenvalue weighted by atomic mass is 10.2. The zero-order chi connectivity index (χ0) is 19.9. The Morgan fingerprint density at radius 3 is 2.32 bits per heavy atom. The number of carboxylic acids is 1. The van der Waals surface area contributed by atoms with Crippen molar-refractivity contribution in [2.45, 2.75) is 0 Å². The van der Waals surface area contributed by atoms with Gasteiger partial charge in [-0.2, -0.15) is 0 Å². The average molecular weight is 396 g/mol. The predicted molar refractivity (Wildman–Crippen MR) is 106 cm³/mol. The van der Waals surface area contributed by atoms with Gasteiger partial charge in [0.1, 0.15) is 5.75 Å². The van der Waals surface area contributed by atoms with Gasteiger partial charge in [0.25, 0.3) is 11.8 Å². The minimum atomic E-state index is -1.08. The summed E-state index contributed by atoms with van der Waals surface area (Å²) in [5.41, 5.74) is 1.47. The predicted octanol–water partition coefficient (Wildman–Crippen LogP) is 3.72. The van der Waals surface area contributed by atoms with Gasteiger partial charge in [-0.05, 0) is 47.8 Å². The van der Waals surface area contributed by atoms with Crippen molar-refractivity contribution >= 4 is 40.5 Å². The summed E-state index contributed by atoms with van der Waals surface area (Å²) >= 11 is 1.35. The Kier molecular flexibility index (Phi) is 6.03. The minimum absolute atomic E-state index is 0.203. The van der Waals surface area contributed by atoms with E-state index in [4.69, 9.17) is 9.84 Å². The van der Waals surface area contributed by atoms with Crippen LogP contribution in [0.5, 0.6) is 5.75 Å². The van der Waals surface area contributed by atoms with Crippen molar-refractivity contribution in [2.75, 3.05) is 17.2 Å². The van der Waals surface area contributed by atoms with Crippen LogP contribution in [0.2, 0.25) is 0 Å². The van der Waals surface area contributed by atoms with Crippen molar-refractivity contribution < 1.29 is 24.2 Å². The van der Waals surface area contributed by atoms with Gasteiger partial charge in [-0.25, -0.2) is 4.79 Å². The molecule has 3 N–H and O–H groups in total. The summed E-state index contributed by atoms with van der Waals surface area (Å²) in [5, 5.41) is 16.0. The van der Waals surface area contributed by atoms with Crippen LogP contribution in [0, 0.1) is 0 Å². The SMILES string of the molecule is O=C(O)COc1cccc(NC(=O)c2ccc(NC(=O)c3cccs3)cc2)c1. The molecule has 0 radical (unpaired) electrons. The van der Waals surface area contributed by atoms with Gasteiger partial charge in [-0.3, -0.25) is 9.59 Å². The largest absolute Gasteiger partial charge is 0.482 e. The van der Waals surface area contributed by atoms with E-state index in [9.17, 15) is 14.4 Å². The molecule has 0 fully saturated rings. The fourth-order valence-corrected chi connectivity index (χ4v) is 2.94. The topological polar surface area (TPSA) is 105 Å². The molecule has 0 unspecified atom stereocenters. The molecular formula is C20H16N2O5S. The average Bonchev–Trinajstić information content (AvgIpc) is 3.22. The fraction of sp³-hybridized carbons (Fsp3) is 0.0500. The second-order valence-electron chi connectivity index (χ2n) is 5.67. The normalized spacial score (nSPS) is 10.1. The first-order chi connectivity index (χ1) is 13.5. The zero-order valence-electron chi connectivity index (χ0n) is 14.5. The van der Waals surface area contributed by atoms with Crippen LogP contribution in [0.15, 0.2) is 66.0 Å². The number of ether oxygens (including phenoxy) is 1. The highest BCUT2D eigenvalue weighted by Crippen LogP contribution is 2.19. The van der Waals surface area contributed by atoms with Gasteiger partial charge < -0.3 is 20.5 Å². The molecule has 0 bridgehead atoms. The lowest BCUT2D eigenvalue weighted by Gasteiger charge is -2.09. The fourth-order valence-electron chi connectivity index (χ4n) is 2.32. The maximum absolute atomic E-state index is 12.4. The Bertz CT molecular complexity index is 984. The van der Waals surface area contributed by atoms with E-state index in [1.54, 1.807) is 54.6 Å². The van der Waals surface area contributed by atoms with Gasteiger partial charge in [-0.15, -0.1) is 11.3 Å². The van der Waals surface area contributed by atoms with Crippen LogP contribution in [0.1, 0.15) is 20.0 Å². The lowest BCUT2D eigenvalue weighted by molar-refractivity contribution is -0.139. The quantitative estimate of drug-likeness (QED) is 0.565. The van der Waals surface area contributed by atoms with Crippen LogP contribution in [-0.4, -0.2) is 29.5 Å². The van der Waals surface area contributed by atoms with E-state index in [0.29, 0.717) is 27.6 Å². The number of aliphatic carboxylic acids is 1. The van der Waals surface area contributed by atoms with Crippen LogP contribution < -0.4 is 15.4 Å². The van der Waals surface area contributed by atoms with Crippen molar-refractivity contribution in [3.8, 4) is 5.75 Å². The zero-order valence-corrected chi connectivity index (χ0v) is 15.4. The number of hydrogen-bond acceptors (Lipinski definition) is 5. The number of thiophene rings is 1. The van der Waals surface area contributed by atoms with Crippen molar-refractivity contribution in [3.05, 3.63) is 76.5 Å². The third kappa shape index (κ3) is 5.18. The number of carbonyl (C=O) groups is 3. The summed E-state index contributed by atoms with van der Waals surface area (Å²) in [6, 6.07) is 16.5. The van der Waals surface area contributed by atoms with E-state index in [-0.39, 0.29) is 11.8 Å². The standard InChI is InChI=1S/C20H16N2O5S/c23-18(24)12-27-16-4-1-3-15(11-16)22-19(25)13-6-8-14(9-7-13)21-20(26)17-5-2-10-28-17/h1-11H,12H2,(H,21,26)(H,22,25)(H,23,24). The summed E-state index contributed by atoms with van der Waals surface area (Å²) in [7, 11) is 0. The lowest BCUT2D eigenvalue weighted by Crippen LogP contribution is -2.13. The molecule has 1 aromatic heterocycles. The van der Waals surface area contributed by atoms with Crippen molar-refractivity contribution in [3.63, 3.8) is 0 Å². The third-order valence-corrected chi connectivity index (χ3v) is 4.47. The number of carboxylic acid groups (broad SMARTS) is 1. The Labute approximate surface area is 164 Å². The molecule has 0 aliphatic heterocycles. The van der Waals surface area contributed by atoms with E-state index >= 15 is 0 Å². The maximum Gasteiger partial charge on any atom is 0.341 e. The Morgan fingerprint density at radius 2 is 1.64 bits per heavy atom. The molecular weight excluding hydrogens is 380 g/mol. The molecule has 3 aromatic rings. The van der Waals surface area contributed by atoms with Crippen molar-refractivity contribution in [1.82, 2.24) is 0 Å². The maximum atomic E-state index is 12.4. The van der Waals surface area contributed by atoms with E-state index in [1.165, 1.54) is 17.4 Å². The molecule has 0 aliphatic carbocycles. The highest BCUT2D eigenvalue weighted by atomic mass is 32.1. The number of nitrogens with one attached hydrogen (secondary N) is 2. The molecule has 0 aliphatic rings. The Balaban J connectivity index is 1.61. The molecule has 8 heteroatoms. The first-order valence-corrected chi connectivity index (χ1v) is 9.10. The van der Waals surface area contributed by atoms with E-state index in [2.05, 4.69) is 10.6 Å². The molecule has 7 nitrogen and oxygen atoms in total. The molecule has 142 valence electrons. The van der Waals surface area contributed by atoms with Gasteiger partial charge >= 0.3 is 5.97 Å². The Hall–Kier alpha value is -3.65. The first-order valence-electron chi connectivity index (χ1n) is 8.22. The summed E-state index contributed by atoms with van der Waals surface area (Å²) in [4.78, 5) is 35.6. The number of hydrogen-bond donors (Lipinski definition) is 3. The molecule has 0 atom stereocenters. The second kappa shape index (κ2) is 8.83. The van der Waals surface area contributed by atoms with Gasteiger partial charge in [-0.1, -0.05) is 12.1 Å². The van der Waals surface area contributed by atoms with Crippen molar-refractivity contribution in [2.24, 2.45) is 0 Å². The molecule has 1 heterocycles. The van der Waals surface area contributed by atoms with Crippen LogP contribution >= 0.6 is 11.3 Å². The third-order valence-electron chi connectivity index (χ3n) is 3.60. The first kappa shape index (κ1) is 19.1. The van der Waals surface area contributed by atoms with E-state index in [1.807, 2.05) is 5.38 Å². The molecule has 2 aromatic carbocycles. The number of benzene rings is 2. The highest BCUT2D eigenvalue weighted by Gasteiger charge is 2.10. The van der Waals surface area contributed by atoms with Crippen LogP contribution in [0.25, 0.3) is 0 Å². The molecule has 2 amide bonds.